The molecule has 1 aliphatic heterocycles. The molecule has 1 amide bonds. The number of hydrogen-bond acceptors (Lipinski definition) is 4. The summed E-state index contributed by atoms with van der Waals surface area (Å²) in [5.41, 5.74) is 0.928. The van der Waals surface area contributed by atoms with Crippen molar-refractivity contribution in [1.29, 1.82) is 0 Å². The maximum absolute atomic E-state index is 11.1. The zero-order valence-electron chi connectivity index (χ0n) is 8.01. The Kier molecular flexibility index (Phi) is 2.34. The van der Waals surface area contributed by atoms with E-state index in [1.54, 1.807) is 9.58 Å². The molecule has 0 saturated carbocycles. The van der Waals surface area contributed by atoms with E-state index >= 15 is 0 Å². The first-order valence-corrected chi connectivity index (χ1v) is 4.60. The lowest BCUT2D eigenvalue weighted by Gasteiger charge is -2.10. The Balaban J connectivity index is 1.99. The van der Waals surface area contributed by atoms with Gasteiger partial charge in [0.1, 0.15) is 13.3 Å². The summed E-state index contributed by atoms with van der Waals surface area (Å²) in [5.74, 6) is 0. The second-order valence-electron chi connectivity index (χ2n) is 3.12. The number of carbonyl (C=O) groups excluding carboxylic acids is 1. The molecule has 1 aromatic heterocycles. The lowest BCUT2D eigenvalue weighted by molar-refractivity contribution is 0.149. The highest BCUT2D eigenvalue weighted by Crippen LogP contribution is 2.04. The minimum atomic E-state index is -0.279. The van der Waals surface area contributed by atoms with E-state index in [2.05, 4.69) is 10.3 Å². The summed E-state index contributed by atoms with van der Waals surface area (Å²) in [5, 5.41) is 7.84. The van der Waals surface area contributed by atoms with Crippen LogP contribution in [0, 0.1) is 0 Å². The van der Waals surface area contributed by atoms with Gasteiger partial charge in [0.05, 0.1) is 18.4 Å². The Morgan fingerprint density at radius 2 is 2.50 bits per heavy atom. The molecule has 6 heteroatoms. The molecule has 2 rings (SSSR count). The van der Waals surface area contributed by atoms with Gasteiger partial charge in [0.2, 0.25) is 0 Å². The fourth-order valence-corrected chi connectivity index (χ4v) is 1.30. The van der Waals surface area contributed by atoms with Crippen LogP contribution < -0.4 is 0 Å². The highest BCUT2D eigenvalue weighted by molar-refractivity contribution is 5.68. The second-order valence-corrected chi connectivity index (χ2v) is 3.12. The number of rotatable bonds is 3. The number of hydrogen-bond donors (Lipinski definition) is 0. The molecule has 0 aromatic carbocycles. The molecule has 0 aliphatic carbocycles. The lowest BCUT2D eigenvalue weighted by Crippen LogP contribution is -2.27. The van der Waals surface area contributed by atoms with Crippen molar-refractivity contribution in [3.8, 4) is 0 Å². The fraction of sp³-hybridized carbons (Fsp3) is 0.625. The van der Waals surface area contributed by atoms with E-state index in [9.17, 15) is 4.79 Å². The number of ether oxygens (including phenoxy) is 1. The lowest BCUT2D eigenvalue weighted by atomic mass is 10.4. The van der Waals surface area contributed by atoms with Gasteiger partial charge in [0.15, 0.2) is 0 Å². The van der Waals surface area contributed by atoms with Gasteiger partial charge in [-0.05, 0) is 6.42 Å². The summed E-state index contributed by atoms with van der Waals surface area (Å²) in [6.07, 6.45) is 2.41. The normalized spacial score (nSPS) is 16.1. The molecule has 1 saturated heterocycles. The van der Waals surface area contributed by atoms with Crippen LogP contribution in [0.1, 0.15) is 12.6 Å². The van der Waals surface area contributed by atoms with Crippen LogP contribution in [-0.4, -0.2) is 39.1 Å². The molecule has 0 atom stereocenters. The predicted octanol–water partition coefficient (Wildman–Crippen LogP) is 0.250. The Morgan fingerprint density at radius 3 is 3.07 bits per heavy atom. The maximum atomic E-state index is 11.1. The van der Waals surface area contributed by atoms with Crippen LogP contribution in [0.3, 0.4) is 0 Å². The van der Waals surface area contributed by atoms with Crippen molar-refractivity contribution >= 4 is 6.09 Å². The van der Waals surface area contributed by atoms with Gasteiger partial charge in [0, 0.05) is 0 Å². The summed E-state index contributed by atoms with van der Waals surface area (Å²) in [4.78, 5) is 12.7. The van der Waals surface area contributed by atoms with Crippen LogP contribution in [0.15, 0.2) is 6.20 Å². The van der Waals surface area contributed by atoms with E-state index in [1.165, 1.54) is 0 Å². The summed E-state index contributed by atoms with van der Waals surface area (Å²) in [6, 6.07) is 0. The van der Waals surface area contributed by atoms with E-state index < -0.39 is 0 Å². The molecule has 1 aliphatic rings. The van der Waals surface area contributed by atoms with Crippen LogP contribution in [0.25, 0.3) is 0 Å². The molecule has 6 nitrogen and oxygen atoms in total. The van der Waals surface area contributed by atoms with Gasteiger partial charge in [-0.1, -0.05) is 12.1 Å². The number of nitrogens with zero attached hydrogens (tertiary/aromatic N) is 4. The van der Waals surface area contributed by atoms with Crippen molar-refractivity contribution in [2.45, 2.75) is 20.0 Å². The first-order valence-electron chi connectivity index (χ1n) is 4.60. The summed E-state index contributed by atoms with van der Waals surface area (Å²) in [6.45, 7) is 3.53. The van der Waals surface area contributed by atoms with E-state index in [4.69, 9.17) is 4.74 Å². The summed E-state index contributed by atoms with van der Waals surface area (Å²) in [7, 11) is 0. The molecular weight excluding hydrogens is 184 g/mol. The zero-order valence-corrected chi connectivity index (χ0v) is 8.01. The first kappa shape index (κ1) is 8.98. The molecule has 0 radical (unpaired) electrons. The van der Waals surface area contributed by atoms with E-state index in [0.717, 1.165) is 12.1 Å². The first-order chi connectivity index (χ1) is 6.79. The molecule has 76 valence electrons. The van der Waals surface area contributed by atoms with Crippen molar-refractivity contribution in [2.75, 3.05) is 13.2 Å². The number of cyclic esters (lactones) is 1. The zero-order chi connectivity index (χ0) is 9.97. The highest BCUT2D eigenvalue weighted by Gasteiger charge is 2.22. The fourth-order valence-electron chi connectivity index (χ4n) is 1.30. The van der Waals surface area contributed by atoms with Gasteiger partial charge in [-0.2, -0.15) is 0 Å². The van der Waals surface area contributed by atoms with Crippen molar-refractivity contribution in [2.24, 2.45) is 0 Å². The van der Waals surface area contributed by atoms with Gasteiger partial charge in [-0.15, -0.1) is 5.10 Å². The van der Waals surface area contributed by atoms with Crippen LogP contribution in [0.4, 0.5) is 4.79 Å². The molecule has 0 spiro atoms. The molecule has 14 heavy (non-hydrogen) atoms. The molecule has 0 bridgehead atoms. The van der Waals surface area contributed by atoms with E-state index in [1.807, 2.05) is 13.1 Å². The molecule has 2 heterocycles. The third kappa shape index (κ3) is 1.68. The Hall–Kier alpha value is -1.59. The Labute approximate surface area is 81.4 Å². The molecular formula is C8H12N4O2. The van der Waals surface area contributed by atoms with Crippen LogP contribution in [0.5, 0.6) is 0 Å². The average Bonchev–Trinajstić information content (AvgIpc) is 2.77. The van der Waals surface area contributed by atoms with Crippen molar-refractivity contribution in [3.63, 3.8) is 0 Å². The van der Waals surface area contributed by atoms with Crippen molar-refractivity contribution in [1.82, 2.24) is 19.9 Å². The largest absolute Gasteiger partial charge is 0.447 e. The predicted molar refractivity (Wildman–Crippen MR) is 47.5 cm³/mol. The van der Waals surface area contributed by atoms with Crippen molar-refractivity contribution in [3.05, 3.63) is 11.9 Å². The minimum Gasteiger partial charge on any atom is -0.447 e. The molecule has 0 unspecified atom stereocenters. The second kappa shape index (κ2) is 3.65. The smallest absolute Gasteiger partial charge is 0.411 e. The molecule has 1 fully saturated rings. The Bertz CT molecular complexity index is 336. The number of amides is 1. The van der Waals surface area contributed by atoms with Crippen LogP contribution in [-0.2, 0) is 17.8 Å². The van der Waals surface area contributed by atoms with Crippen LogP contribution in [0.2, 0.25) is 0 Å². The summed E-state index contributed by atoms with van der Waals surface area (Å²) >= 11 is 0. The Morgan fingerprint density at radius 1 is 1.64 bits per heavy atom. The molecule has 0 N–H and O–H groups in total. The standard InChI is InChI=1S/C8H12N4O2/c1-2-7-5-12(10-9-7)6-11-3-4-14-8(11)13/h5H,2-4,6H2,1H3. The van der Waals surface area contributed by atoms with Gasteiger partial charge in [-0.3, -0.25) is 4.90 Å². The number of aryl methyl sites for hydroxylation is 1. The van der Waals surface area contributed by atoms with Gasteiger partial charge in [0.25, 0.3) is 0 Å². The monoisotopic (exact) mass is 196 g/mol. The van der Waals surface area contributed by atoms with Crippen molar-refractivity contribution < 1.29 is 9.53 Å². The van der Waals surface area contributed by atoms with E-state index in [0.29, 0.717) is 19.8 Å². The maximum Gasteiger partial charge on any atom is 0.411 e. The third-order valence-electron chi connectivity index (χ3n) is 2.11. The van der Waals surface area contributed by atoms with Gasteiger partial charge < -0.3 is 4.74 Å². The van der Waals surface area contributed by atoms with Gasteiger partial charge in [-0.25, -0.2) is 9.48 Å². The number of carbonyl (C=O) groups is 1. The third-order valence-corrected chi connectivity index (χ3v) is 2.11. The minimum absolute atomic E-state index is 0.279. The number of aromatic nitrogens is 3. The van der Waals surface area contributed by atoms with Gasteiger partial charge >= 0.3 is 6.09 Å². The topological polar surface area (TPSA) is 60.2 Å². The highest BCUT2D eigenvalue weighted by atomic mass is 16.6. The summed E-state index contributed by atoms with van der Waals surface area (Å²) < 4.78 is 6.44. The van der Waals surface area contributed by atoms with E-state index in [-0.39, 0.29) is 6.09 Å². The molecule has 1 aromatic rings. The SMILES string of the molecule is CCc1cn(CN2CCOC2=O)nn1. The van der Waals surface area contributed by atoms with Crippen LogP contribution >= 0.6 is 0 Å². The quantitative estimate of drug-likeness (QED) is 0.695. The average molecular weight is 196 g/mol.